The first-order chi connectivity index (χ1) is 4.74. The van der Waals surface area contributed by atoms with Crippen LogP contribution in [0.3, 0.4) is 0 Å². The largest absolute Gasteiger partial charge is 0.353 e. The van der Waals surface area contributed by atoms with Crippen LogP contribution in [0, 0.1) is 11.6 Å². The Morgan fingerprint density at radius 3 is 2.90 bits per heavy atom. The Kier molecular flexibility index (Phi) is 2.19. The number of H-pyrrole nitrogens is 1. The van der Waals surface area contributed by atoms with Crippen molar-refractivity contribution in [2.24, 2.45) is 5.73 Å². The molecule has 3 N–H and O–H groups in total. The van der Waals surface area contributed by atoms with Crippen molar-refractivity contribution in [3.8, 4) is 0 Å². The zero-order valence-electron chi connectivity index (χ0n) is 5.85. The van der Waals surface area contributed by atoms with Gasteiger partial charge in [0.25, 0.3) is 0 Å². The third-order valence-electron chi connectivity index (χ3n) is 1.46. The lowest BCUT2D eigenvalue weighted by atomic mass is 10.2. The van der Waals surface area contributed by atoms with E-state index in [0.29, 0.717) is 6.54 Å². The molecular formula is C7H10N2S. The molecule has 1 aromatic heterocycles. The van der Waals surface area contributed by atoms with Gasteiger partial charge in [-0.25, -0.2) is 0 Å². The summed E-state index contributed by atoms with van der Waals surface area (Å²) in [5.41, 5.74) is 7.72. The van der Waals surface area contributed by atoms with E-state index in [-0.39, 0.29) is 0 Å². The van der Waals surface area contributed by atoms with Crippen molar-refractivity contribution >= 4 is 12.2 Å². The van der Waals surface area contributed by atoms with Crippen LogP contribution in [0.15, 0.2) is 12.3 Å². The first-order valence-corrected chi connectivity index (χ1v) is 3.53. The molecule has 0 unspecified atom stereocenters. The van der Waals surface area contributed by atoms with Crippen molar-refractivity contribution in [3.63, 3.8) is 0 Å². The van der Waals surface area contributed by atoms with E-state index in [4.69, 9.17) is 18.0 Å². The molecule has 0 bridgehead atoms. The average Bonchev–Trinajstić information content (AvgIpc) is 1.88. The van der Waals surface area contributed by atoms with Gasteiger partial charge in [-0.2, -0.15) is 0 Å². The molecule has 0 atom stereocenters. The molecule has 1 heterocycles. The Balaban J connectivity index is 3.19. The Morgan fingerprint density at radius 2 is 2.40 bits per heavy atom. The third kappa shape index (κ3) is 1.43. The molecule has 3 heteroatoms. The summed E-state index contributed by atoms with van der Waals surface area (Å²) in [4.78, 5) is 2.93. The summed E-state index contributed by atoms with van der Waals surface area (Å²) in [6.45, 7) is 2.57. The number of hydrogen-bond donors (Lipinski definition) is 2. The van der Waals surface area contributed by atoms with E-state index in [9.17, 15) is 0 Å². The normalized spacial score (nSPS) is 9.80. The van der Waals surface area contributed by atoms with Crippen LogP contribution in [-0.4, -0.2) is 4.98 Å². The van der Waals surface area contributed by atoms with E-state index < -0.39 is 0 Å². The summed E-state index contributed by atoms with van der Waals surface area (Å²) in [7, 11) is 0. The van der Waals surface area contributed by atoms with Crippen LogP contribution < -0.4 is 5.73 Å². The first-order valence-electron chi connectivity index (χ1n) is 3.12. The fourth-order valence-electron chi connectivity index (χ4n) is 0.823. The number of aromatic amines is 1. The fourth-order valence-corrected chi connectivity index (χ4v) is 1.06. The maximum absolute atomic E-state index is 5.45. The average molecular weight is 154 g/mol. The number of aryl methyl sites for hydroxylation is 1. The smallest absolute Gasteiger partial charge is 0.103 e. The molecule has 0 amide bonds. The van der Waals surface area contributed by atoms with Gasteiger partial charge in [0, 0.05) is 12.7 Å². The van der Waals surface area contributed by atoms with Gasteiger partial charge in [-0.1, -0.05) is 12.2 Å². The molecule has 0 saturated carbocycles. The molecule has 0 aliphatic carbocycles. The highest BCUT2D eigenvalue weighted by atomic mass is 32.1. The number of nitrogens with one attached hydrogen (secondary N) is 1. The maximum atomic E-state index is 5.45. The minimum absolute atomic E-state index is 0.567. The summed E-state index contributed by atoms with van der Waals surface area (Å²) >= 11 is 4.91. The maximum Gasteiger partial charge on any atom is 0.103 e. The zero-order valence-corrected chi connectivity index (χ0v) is 6.66. The van der Waals surface area contributed by atoms with Crippen molar-refractivity contribution in [1.82, 2.24) is 4.98 Å². The highest BCUT2D eigenvalue weighted by molar-refractivity contribution is 7.71. The second-order valence-electron chi connectivity index (χ2n) is 2.21. The summed E-state index contributed by atoms with van der Waals surface area (Å²) in [6.07, 6.45) is 1.86. The van der Waals surface area contributed by atoms with Crippen molar-refractivity contribution in [1.29, 1.82) is 0 Å². The lowest BCUT2D eigenvalue weighted by Crippen LogP contribution is -1.99. The number of nitrogens with two attached hydrogens (primary N) is 1. The number of aromatic nitrogens is 1. The van der Waals surface area contributed by atoms with Crippen molar-refractivity contribution in [2.45, 2.75) is 13.5 Å². The Hall–Kier alpha value is -0.670. The molecule has 0 aromatic carbocycles. The zero-order chi connectivity index (χ0) is 7.56. The monoisotopic (exact) mass is 154 g/mol. The molecule has 0 fully saturated rings. The van der Waals surface area contributed by atoms with Gasteiger partial charge in [0.05, 0.1) is 0 Å². The van der Waals surface area contributed by atoms with E-state index in [0.717, 1.165) is 15.8 Å². The second kappa shape index (κ2) is 2.94. The van der Waals surface area contributed by atoms with Crippen LogP contribution in [0.5, 0.6) is 0 Å². The topological polar surface area (TPSA) is 41.8 Å². The molecule has 2 nitrogen and oxygen atoms in total. The summed E-state index contributed by atoms with van der Waals surface area (Å²) in [5.74, 6) is 0. The van der Waals surface area contributed by atoms with E-state index in [2.05, 4.69) is 4.98 Å². The molecule has 1 aromatic rings. The quantitative estimate of drug-likeness (QED) is 0.602. The molecule has 0 radical (unpaired) electrons. The van der Waals surface area contributed by atoms with Crippen molar-refractivity contribution in [3.05, 3.63) is 28.0 Å². The molecule has 0 aliphatic rings. The molecule has 0 saturated heterocycles. The van der Waals surface area contributed by atoms with E-state index in [1.165, 1.54) is 0 Å². The molecular weight excluding hydrogens is 144 g/mol. The highest BCUT2D eigenvalue weighted by Gasteiger charge is 1.92. The Bertz CT molecular complexity index is 277. The fraction of sp³-hybridized carbons (Fsp3) is 0.286. The van der Waals surface area contributed by atoms with E-state index in [1.54, 1.807) is 0 Å². The Labute approximate surface area is 65.1 Å². The van der Waals surface area contributed by atoms with Gasteiger partial charge >= 0.3 is 0 Å². The van der Waals surface area contributed by atoms with Gasteiger partial charge in [0.15, 0.2) is 0 Å². The lowest BCUT2D eigenvalue weighted by Gasteiger charge is -1.99. The highest BCUT2D eigenvalue weighted by Crippen LogP contribution is 2.03. The predicted molar refractivity (Wildman–Crippen MR) is 44.3 cm³/mol. The molecule has 0 spiro atoms. The molecule has 1 rings (SSSR count). The molecule has 0 aliphatic heterocycles. The van der Waals surface area contributed by atoms with Gasteiger partial charge in [-0.3, -0.25) is 0 Å². The van der Waals surface area contributed by atoms with Crippen LogP contribution in [0.25, 0.3) is 0 Å². The summed E-state index contributed by atoms with van der Waals surface area (Å²) < 4.78 is 0.759. The standard InChI is InChI=1S/C7H10N2S/c1-5-2-7(10)9-4-6(5)3-8/h2,4H,3,8H2,1H3,(H,9,10). The van der Waals surface area contributed by atoms with Gasteiger partial charge in [-0.15, -0.1) is 0 Å². The minimum Gasteiger partial charge on any atom is -0.353 e. The van der Waals surface area contributed by atoms with Crippen LogP contribution in [-0.2, 0) is 6.54 Å². The van der Waals surface area contributed by atoms with Gasteiger partial charge in [0.2, 0.25) is 0 Å². The SMILES string of the molecule is Cc1cc(=S)[nH]cc1CN. The molecule has 54 valence electrons. The van der Waals surface area contributed by atoms with Crippen molar-refractivity contribution in [2.75, 3.05) is 0 Å². The van der Waals surface area contributed by atoms with Crippen LogP contribution in [0.4, 0.5) is 0 Å². The van der Waals surface area contributed by atoms with Crippen LogP contribution in [0.2, 0.25) is 0 Å². The third-order valence-corrected chi connectivity index (χ3v) is 1.70. The number of hydrogen-bond acceptors (Lipinski definition) is 2. The number of pyridine rings is 1. The Morgan fingerprint density at radius 1 is 1.70 bits per heavy atom. The van der Waals surface area contributed by atoms with Crippen molar-refractivity contribution < 1.29 is 0 Å². The van der Waals surface area contributed by atoms with Crippen LogP contribution >= 0.6 is 12.2 Å². The minimum atomic E-state index is 0.567. The second-order valence-corrected chi connectivity index (χ2v) is 2.65. The van der Waals surface area contributed by atoms with E-state index in [1.807, 2.05) is 19.2 Å². The molecule has 10 heavy (non-hydrogen) atoms. The predicted octanol–water partition coefficient (Wildman–Crippen LogP) is 1.51. The lowest BCUT2D eigenvalue weighted by molar-refractivity contribution is 1.02. The van der Waals surface area contributed by atoms with Crippen LogP contribution in [0.1, 0.15) is 11.1 Å². The summed E-state index contributed by atoms with van der Waals surface area (Å²) in [6, 6.07) is 1.91. The van der Waals surface area contributed by atoms with E-state index >= 15 is 0 Å². The van der Waals surface area contributed by atoms with Gasteiger partial charge in [-0.05, 0) is 24.1 Å². The summed E-state index contributed by atoms with van der Waals surface area (Å²) in [5, 5.41) is 0. The van der Waals surface area contributed by atoms with Gasteiger partial charge < -0.3 is 10.7 Å². The first kappa shape index (κ1) is 7.44. The van der Waals surface area contributed by atoms with Gasteiger partial charge in [0.1, 0.15) is 4.64 Å². The number of rotatable bonds is 1.